The number of hydrogen-bond donors (Lipinski definition) is 3. The molecule has 1 fully saturated rings. The number of thiazole rings is 1. The lowest BCUT2D eigenvalue weighted by Crippen LogP contribution is -2.35. The average molecular weight is 467 g/mol. The van der Waals surface area contributed by atoms with Crippen molar-refractivity contribution in [3.63, 3.8) is 0 Å². The molecule has 3 aromatic rings. The molecule has 174 valence electrons. The van der Waals surface area contributed by atoms with Crippen LogP contribution in [0.4, 0.5) is 11.6 Å². The Morgan fingerprint density at radius 1 is 1.15 bits per heavy atom. The van der Waals surface area contributed by atoms with Gasteiger partial charge >= 0.3 is 5.97 Å². The highest BCUT2D eigenvalue weighted by molar-refractivity contribution is 7.15. The number of hydrogen-bond acceptors (Lipinski definition) is 7. The largest absolute Gasteiger partial charge is 0.481 e. The van der Waals surface area contributed by atoms with Crippen LogP contribution in [0.15, 0.2) is 42.7 Å². The van der Waals surface area contributed by atoms with Crippen molar-refractivity contribution in [2.24, 2.45) is 11.8 Å². The van der Waals surface area contributed by atoms with Gasteiger partial charge in [-0.3, -0.25) is 4.79 Å². The predicted octanol–water partition coefficient (Wildman–Crippen LogP) is 5.57. The van der Waals surface area contributed by atoms with E-state index in [-0.39, 0.29) is 11.8 Å². The molecule has 7 nitrogen and oxygen atoms in total. The van der Waals surface area contributed by atoms with Gasteiger partial charge in [0.25, 0.3) is 0 Å². The van der Waals surface area contributed by atoms with Gasteiger partial charge in [-0.15, -0.1) is 11.3 Å². The van der Waals surface area contributed by atoms with E-state index >= 15 is 0 Å². The Morgan fingerprint density at radius 2 is 1.91 bits per heavy atom. The summed E-state index contributed by atoms with van der Waals surface area (Å²) in [5, 5.41) is 24.4. The number of aromatic nitrogens is 3. The third-order valence-corrected chi connectivity index (χ3v) is 7.76. The van der Waals surface area contributed by atoms with Gasteiger partial charge in [-0.25, -0.2) is 15.0 Å². The van der Waals surface area contributed by atoms with Gasteiger partial charge in [0.2, 0.25) is 0 Å². The van der Waals surface area contributed by atoms with Crippen LogP contribution in [0.1, 0.15) is 62.9 Å². The quantitative estimate of drug-likeness (QED) is 0.418. The van der Waals surface area contributed by atoms with Crippen molar-refractivity contribution in [1.82, 2.24) is 15.0 Å². The molecule has 0 saturated heterocycles. The van der Waals surface area contributed by atoms with Crippen molar-refractivity contribution in [3.8, 4) is 10.6 Å². The van der Waals surface area contributed by atoms with Crippen LogP contribution in [-0.2, 0) is 10.4 Å². The molecule has 0 amide bonds. The molecule has 3 aromatic heterocycles. The molecule has 33 heavy (non-hydrogen) atoms. The van der Waals surface area contributed by atoms with Crippen LogP contribution in [0.25, 0.3) is 10.6 Å². The van der Waals surface area contributed by atoms with E-state index in [4.69, 9.17) is 4.98 Å². The summed E-state index contributed by atoms with van der Waals surface area (Å²) in [6.45, 7) is 6.08. The summed E-state index contributed by atoms with van der Waals surface area (Å²) in [6, 6.07) is 9.79. The number of carboxylic acids is 1. The van der Waals surface area contributed by atoms with E-state index in [9.17, 15) is 15.0 Å². The molecule has 1 aliphatic carbocycles. The smallest absolute Gasteiger partial charge is 0.306 e. The third-order valence-electron chi connectivity index (χ3n) is 6.52. The highest BCUT2D eigenvalue weighted by Crippen LogP contribution is 2.43. The number of rotatable bonds is 7. The Kier molecular flexibility index (Phi) is 6.76. The van der Waals surface area contributed by atoms with Crippen LogP contribution >= 0.6 is 11.3 Å². The second-order valence-electron chi connectivity index (χ2n) is 9.23. The zero-order chi connectivity index (χ0) is 23.6. The number of carbonyl (C=O) groups is 1. The second kappa shape index (κ2) is 9.57. The third kappa shape index (κ3) is 5.23. The van der Waals surface area contributed by atoms with E-state index in [1.165, 1.54) is 16.9 Å². The summed E-state index contributed by atoms with van der Waals surface area (Å²) in [6.07, 6.45) is 6.09. The van der Waals surface area contributed by atoms with Crippen LogP contribution in [-0.4, -0.2) is 31.1 Å². The van der Waals surface area contributed by atoms with Gasteiger partial charge in [0.05, 0.1) is 16.5 Å². The first kappa shape index (κ1) is 23.3. The zero-order valence-electron chi connectivity index (χ0n) is 19.2. The van der Waals surface area contributed by atoms with Gasteiger partial charge in [0, 0.05) is 12.4 Å². The molecule has 4 rings (SSSR count). The van der Waals surface area contributed by atoms with Crippen LogP contribution < -0.4 is 5.32 Å². The maximum absolute atomic E-state index is 11.3. The summed E-state index contributed by atoms with van der Waals surface area (Å²) in [5.74, 6) is 0.794. The van der Waals surface area contributed by atoms with Crippen molar-refractivity contribution in [1.29, 1.82) is 0 Å². The SMILES string of the molecule is CC(C)c1ccnc(Nc2cccc(-c3cnc(C(C)(O)C4CCC(C(=O)O)CC4)s3)n2)c1. The Hall–Kier alpha value is -2.84. The highest BCUT2D eigenvalue weighted by atomic mass is 32.1. The maximum atomic E-state index is 11.3. The minimum Gasteiger partial charge on any atom is -0.481 e. The molecule has 3 N–H and O–H groups in total. The van der Waals surface area contributed by atoms with Crippen LogP contribution in [0, 0.1) is 11.8 Å². The Labute approximate surface area is 198 Å². The fourth-order valence-corrected chi connectivity index (χ4v) is 5.36. The van der Waals surface area contributed by atoms with Crippen LogP contribution in [0.2, 0.25) is 0 Å². The fourth-order valence-electron chi connectivity index (χ4n) is 4.35. The topological polar surface area (TPSA) is 108 Å². The molecule has 0 bridgehead atoms. The van der Waals surface area contributed by atoms with Gasteiger partial charge in [0.15, 0.2) is 0 Å². The number of carboxylic acid groups (broad SMARTS) is 1. The number of anilines is 2. The van der Waals surface area contributed by atoms with Crippen molar-refractivity contribution in [2.75, 3.05) is 5.32 Å². The van der Waals surface area contributed by atoms with Gasteiger partial charge in [-0.2, -0.15) is 0 Å². The summed E-state index contributed by atoms with van der Waals surface area (Å²) >= 11 is 1.43. The molecule has 1 atom stereocenters. The summed E-state index contributed by atoms with van der Waals surface area (Å²) < 4.78 is 0. The zero-order valence-corrected chi connectivity index (χ0v) is 20.0. The number of nitrogens with one attached hydrogen (secondary N) is 1. The van der Waals surface area contributed by atoms with E-state index < -0.39 is 11.6 Å². The van der Waals surface area contributed by atoms with E-state index in [1.807, 2.05) is 30.3 Å². The van der Waals surface area contributed by atoms with Gasteiger partial charge in [-0.1, -0.05) is 19.9 Å². The van der Waals surface area contributed by atoms with Gasteiger partial charge in [-0.05, 0) is 74.3 Å². The molecule has 8 heteroatoms. The van der Waals surface area contributed by atoms with Crippen molar-refractivity contribution in [3.05, 3.63) is 53.3 Å². The highest BCUT2D eigenvalue weighted by Gasteiger charge is 2.40. The normalized spacial score (nSPS) is 20.4. The summed E-state index contributed by atoms with van der Waals surface area (Å²) in [5.41, 5.74) is 0.883. The van der Waals surface area contributed by atoms with Crippen molar-refractivity contribution < 1.29 is 15.0 Å². The minimum absolute atomic E-state index is 0.00707. The lowest BCUT2D eigenvalue weighted by atomic mass is 9.74. The van der Waals surface area contributed by atoms with Gasteiger partial charge < -0.3 is 15.5 Å². The maximum Gasteiger partial charge on any atom is 0.306 e. The lowest BCUT2D eigenvalue weighted by Gasteiger charge is -2.35. The number of aliphatic hydroxyl groups is 1. The molecule has 1 aliphatic rings. The monoisotopic (exact) mass is 466 g/mol. The van der Waals surface area contributed by atoms with Gasteiger partial charge in [0.1, 0.15) is 22.2 Å². The summed E-state index contributed by atoms with van der Waals surface area (Å²) in [4.78, 5) is 25.7. The first-order valence-corrected chi connectivity index (χ1v) is 12.2. The fraction of sp³-hybridized carbons (Fsp3) is 0.440. The van der Waals surface area contributed by atoms with E-state index in [0.29, 0.717) is 42.4 Å². The Bertz CT molecular complexity index is 1120. The number of aliphatic carboxylic acids is 1. The number of pyridine rings is 2. The first-order valence-electron chi connectivity index (χ1n) is 11.4. The number of nitrogens with zero attached hydrogens (tertiary/aromatic N) is 3. The molecule has 1 unspecified atom stereocenters. The van der Waals surface area contributed by atoms with E-state index in [1.54, 1.807) is 19.3 Å². The molecule has 1 saturated carbocycles. The molecule has 3 heterocycles. The van der Waals surface area contributed by atoms with Crippen LogP contribution in [0.3, 0.4) is 0 Å². The molecule has 0 spiro atoms. The Balaban J connectivity index is 1.49. The average Bonchev–Trinajstić information content (AvgIpc) is 3.31. The molecular formula is C25H30N4O3S. The van der Waals surface area contributed by atoms with Crippen LogP contribution in [0.5, 0.6) is 0 Å². The summed E-state index contributed by atoms with van der Waals surface area (Å²) in [7, 11) is 0. The first-order chi connectivity index (χ1) is 15.7. The molecular weight excluding hydrogens is 436 g/mol. The standard InChI is InChI=1S/C25H30N4O3S/c1-15(2)17-11-12-26-22(13-17)29-21-6-4-5-19(28-21)20-14-27-24(33-20)25(3,32)18-9-7-16(8-10-18)23(30)31/h4-6,11-16,18,32H,7-10H2,1-3H3,(H,30,31)(H,26,28,29). The van der Waals surface area contributed by atoms with E-state index in [0.717, 1.165) is 16.4 Å². The second-order valence-corrected chi connectivity index (χ2v) is 10.3. The Morgan fingerprint density at radius 3 is 2.61 bits per heavy atom. The van der Waals surface area contributed by atoms with Crippen molar-refractivity contribution in [2.45, 2.75) is 58.0 Å². The molecule has 0 aromatic carbocycles. The molecule has 0 radical (unpaired) electrons. The lowest BCUT2D eigenvalue weighted by molar-refractivity contribution is -0.144. The van der Waals surface area contributed by atoms with Crippen molar-refractivity contribution >= 4 is 28.9 Å². The predicted molar refractivity (Wildman–Crippen MR) is 130 cm³/mol. The minimum atomic E-state index is -1.09. The molecule has 0 aliphatic heterocycles. The van der Waals surface area contributed by atoms with E-state index in [2.05, 4.69) is 29.1 Å².